The molecular weight excluding hydrogens is 192 g/mol. The Morgan fingerprint density at radius 3 is 2.73 bits per heavy atom. The van der Waals surface area contributed by atoms with Gasteiger partial charge in [-0.05, 0) is 19.1 Å². The molecule has 78 valence electrons. The molecule has 4 heteroatoms. The molecule has 0 aliphatic heterocycles. The van der Waals surface area contributed by atoms with Crippen molar-refractivity contribution in [1.29, 1.82) is 0 Å². The van der Waals surface area contributed by atoms with Gasteiger partial charge in [-0.1, -0.05) is 18.2 Å². The van der Waals surface area contributed by atoms with E-state index in [1.807, 2.05) is 37.3 Å². The van der Waals surface area contributed by atoms with Crippen LogP contribution in [0.5, 0.6) is 5.75 Å². The van der Waals surface area contributed by atoms with Gasteiger partial charge >= 0.3 is 0 Å². The third kappa shape index (κ3) is 1.99. The number of aliphatic hydroxyl groups is 1. The zero-order chi connectivity index (χ0) is 10.7. The molecule has 0 aliphatic rings. The monoisotopic (exact) mass is 204 g/mol. The van der Waals surface area contributed by atoms with Crippen molar-refractivity contribution in [2.75, 3.05) is 0 Å². The molecule has 1 N–H and O–H groups in total. The summed E-state index contributed by atoms with van der Waals surface area (Å²) in [5, 5.41) is 9.13. The third-order valence-electron chi connectivity index (χ3n) is 2.14. The number of para-hydroxylation sites is 1. The summed E-state index contributed by atoms with van der Waals surface area (Å²) >= 11 is 0. The van der Waals surface area contributed by atoms with Crippen molar-refractivity contribution in [3.8, 4) is 5.75 Å². The van der Waals surface area contributed by atoms with Gasteiger partial charge in [0.25, 0.3) is 0 Å². The normalized spacial score (nSPS) is 10.3. The highest BCUT2D eigenvalue weighted by Crippen LogP contribution is 2.12. The minimum Gasteiger partial charge on any atom is -0.390 e. The first kappa shape index (κ1) is 9.73. The fraction of sp³-hybridized carbons (Fsp3) is 0.182. The number of benzene rings is 1. The lowest BCUT2D eigenvalue weighted by Crippen LogP contribution is -2.08. The first-order valence-corrected chi connectivity index (χ1v) is 4.68. The maximum atomic E-state index is 9.13. The van der Waals surface area contributed by atoms with Crippen LogP contribution in [0.2, 0.25) is 0 Å². The molecule has 2 rings (SSSR count). The minimum atomic E-state index is -0.0847. The zero-order valence-corrected chi connectivity index (χ0v) is 8.42. The minimum absolute atomic E-state index is 0.0847. The Kier molecular flexibility index (Phi) is 2.69. The first-order chi connectivity index (χ1) is 7.31. The van der Waals surface area contributed by atoms with E-state index in [9.17, 15) is 0 Å². The van der Waals surface area contributed by atoms with Crippen molar-refractivity contribution >= 4 is 0 Å². The maximum absolute atomic E-state index is 9.13. The van der Waals surface area contributed by atoms with Crippen molar-refractivity contribution < 1.29 is 9.94 Å². The lowest BCUT2D eigenvalue weighted by molar-refractivity contribution is 0.177. The van der Waals surface area contributed by atoms with Crippen LogP contribution in [0.15, 0.2) is 36.7 Å². The van der Waals surface area contributed by atoms with E-state index in [2.05, 4.69) is 4.98 Å². The molecule has 0 bridgehead atoms. The van der Waals surface area contributed by atoms with Crippen molar-refractivity contribution in [2.45, 2.75) is 13.5 Å². The van der Waals surface area contributed by atoms with Gasteiger partial charge < -0.3 is 9.94 Å². The number of aromatic nitrogens is 2. The van der Waals surface area contributed by atoms with E-state index in [-0.39, 0.29) is 6.61 Å². The van der Waals surface area contributed by atoms with E-state index in [0.29, 0.717) is 11.4 Å². The van der Waals surface area contributed by atoms with Crippen LogP contribution in [-0.2, 0) is 6.61 Å². The maximum Gasteiger partial charge on any atom is 0.155 e. The summed E-state index contributed by atoms with van der Waals surface area (Å²) in [5.41, 5.74) is 1.44. The molecule has 0 spiro atoms. The fourth-order valence-corrected chi connectivity index (χ4v) is 1.30. The third-order valence-corrected chi connectivity index (χ3v) is 2.14. The Bertz CT molecular complexity index is 437. The summed E-state index contributed by atoms with van der Waals surface area (Å²) in [4.78, 5) is 9.58. The average molecular weight is 204 g/mol. The number of hydrogen-bond acceptors (Lipinski definition) is 3. The molecule has 2 aromatic rings. The lowest BCUT2D eigenvalue weighted by Gasteiger charge is -2.07. The summed E-state index contributed by atoms with van der Waals surface area (Å²) in [6.07, 6.45) is 1.55. The van der Waals surface area contributed by atoms with Gasteiger partial charge in [-0.3, -0.25) is 0 Å². The van der Waals surface area contributed by atoms with Gasteiger partial charge in [0.05, 0.1) is 12.3 Å². The predicted molar refractivity (Wildman–Crippen MR) is 55.4 cm³/mol. The van der Waals surface area contributed by atoms with E-state index in [1.165, 1.54) is 4.73 Å². The standard InChI is InChI=1S/C11H12N2O2/c1-9-11(7-14)13(8-12-9)15-10-5-3-2-4-6-10/h2-6,8,14H,7H2,1H3. The van der Waals surface area contributed by atoms with E-state index < -0.39 is 0 Å². The van der Waals surface area contributed by atoms with Crippen LogP contribution in [0, 0.1) is 6.92 Å². The molecule has 1 aromatic heterocycles. The SMILES string of the molecule is Cc1ncn(Oc2ccccc2)c1CO. The van der Waals surface area contributed by atoms with Crippen LogP contribution in [-0.4, -0.2) is 14.8 Å². The molecule has 0 unspecified atom stereocenters. The average Bonchev–Trinajstić information content (AvgIpc) is 2.61. The smallest absolute Gasteiger partial charge is 0.155 e. The summed E-state index contributed by atoms with van der Waals surface area (Å²) in [6, 6.07) is 9.38. The summed E-state index contributed by atoms with van der Waals surface area (Å²) in [6.45, 7) is 1.75. The highest BCUT2D eigenvalue weighted by atomic mass is 16.7. The second-order valence-electron chi connectivity index (χ2n) is 3.16. The van der Waals surface area contributed by atoms with Gasteiger partial charge in [0.15, 0.2) is 5.75 Å². The van der Waals surface area contributed by atoms with E-state index >= 15 is 0 Å². The van der Waals surface area contributed by atoms with Gasteiger partial charge in [-0.15, -0.1) is 0 Å². The molecule has 0 saturated heterocycles. The Morgan fingerprint density at radius 1 is 1.33 bits per heavy atom. The summed E-state index contributed by atoms with van der Waals surface area (Å²) in [7, 11) is 0. The number of aliphatic hydroxyl groups excluding tert-OH is 1. The second kappa shape index (κ2) is 4.14. The molecule has 1 heterocycles. The van der Waals surface area contributed by atoms with Crippen molar-refractivity contribution in [2.24, 2.45) is 0 Å². The molecular formula is C11H12N2O2. The highest BCUT2D eigenvalue weighted by molar-refractivity contribution is 5.21. The molecule has 15 heavy (non-hydrogen) atoms. The quantitative estimate of drug-likeness (QED) is 0.824. The number of nitrogens with zero attached hydrogens (tertiary/aromatic N) is 2. The van der Waals surface area contributed by atoms with Gasteiger partial charge in [0.2, 0.25) is 0 Å². The second-order valence-corrected chi connectivity index (χ2v) is 3.16. The molecule has 0 saturated carbocycles. The Labute approximate surface area is 87.7 Å². The topological polar surface area (TPSA) is 47.3 Å². The van der Waals surface area contributed by atoms with Crippen LogP contribution in [0.25, 0.3) is 0 Å². The first-order valence-electron chi connectivity index (χ1n) is 4.68. The van der Waals surface area contributed by atoms with Crippen LogP contribution in [0.3, 0.4) is 0 Å². The number of imidazole rings is 1. The lowest BCUT2D eigenvalue weighted by atomic mass is 10.3. The number of hydrogen-bond donors (Lipinski definition) is 1. The molecule has 0 amide bonds. The van der Waals surface area contributed by atoms with Crippen LogP contribution in [0.4, 0.5) is 0 Å². The van der Waals surface area contributed by atoms with E-state index in [1.54, 1.807) is 6.33 Å². The summed E-state index contributed by atoms with van der Waals surface area (Å²) < 4.78 is 1.48. The molecule has 0 aliphatic carbocycles. The largest absolute Gasteiger partial charge is 0.390 e. The van der Waals surface area contributed by atoms with Crippen LogP contribution >= 0.6 is 0 Å². The molecule has 4 nitrogen and oxygen atoms in total. The van der Waals surface area contributed by atoms with Gasteiger partial charge in [0.1, 0.15) is 12.0 Å². The molecule has 0 radical (unpaired) electrons. The summed E-state index contributed by atoms with van der Waals surface area (Å²) in [5.74, 6) is 0.713. The van der Waals surface area contributed by atoms with Crippen molar-refractivity contribution in [3.63, 3.8) is 0 Å². The van der Waals surface area contributed by atoms with Crippen molar-refractivity contribution in [1.82, 2.24) is 9.71 Å². The van der Waals surface area contributed by atoms with Gasteiger partial charge in [-0.25, -0.2) is 4.98 Å². The Hall–Kier alpha value is -1.81. The molecule has 1 aromatic carbocycles. The zero-order valence-electron chi connectivity index (χ0n) is 8.42. The fourth-order valence-electron chi connectivity index (χ4n) is 1.30. The Morgan fingerprint density at radius 2 is 2.07 bits per heavy atom. The van der Waals surface area contributed by atoms with Gasteiger partial charge in [0, 0.05) is 0 Å². The molecule has 0 atom stereocenters. The van der Waals surface area contributed by atoms with Crippen molar-refractivity contribution in [3.05, 3.63) is 48.0 Å². The number of rotatable bonds is 3. The predicted octanol–water partition coefficient (Wildman–Crippen LogP) is 1.53. The highest BCUT2D eigenvalue weighted by Gasteiger charge is 2.07. The number of aryl methyl sites for hydroxylation is 1. The van der Waals surface area contributed by atoms with Crippen LogP contribution in [0.1, 0.15) is 11.4 Å². The van der Waals surface area contributed by atoms with E-state index in [0.717, 1.165) is 5.69 Å². The van der Waals surface area contributed by atoms with Gasteiger partial charge in [-0.2, -0.15) is 4.73 Å². The molecule has 0 fully saturated rings. The van der Waals surface area contributed by atoms with Crippen LogP contribution < -0.4 is 4.84 Å². The Balaban J connectivity index is 2.25. The van der Waals surface area contributed by atoms with E-state index in [4.69, 9.17) is 9.94 Å².